The summed E-state index contributed by atoms with van der Waals surface area (Å²) in [5.41, 5.74) is 0. The van der Waals surface area contributed by atoms with E-state index in [2.05, 4.69) is 26.8 Å². The van der Waals surface area contributed by atoms with Crippen LogP contribution in [-0.4, -0.2) is 41.1 Å². The van der Waals surface area contributed by atoms with Gasteiger partial charge in [-0.05, 0) is 32.5 Å². The fourth-order valence-electron chi connectivity index (χ4n) is 2.15. The van der Waals surface area contributed by atoms with Crippen molar-refractivity contribution in [1.29, 1.82) is 0 Å². The van der Waals surface area contributed by atoms with Crippen molar-refractivity contribution in [1.82, 2.24) is 19.8 Å². The van der Waals surface area contributed by atoms with Crippen molar-refractivity contribution in [2.75, 3.05) is 26.7 Å². The highest BCUT2D eigenvalue weighted by molar-refractivity contribution is 4.90. The van der Waals surface area contributed by atoms with E-state index in [0.717, 1.165) is 24.8 Å². The minimum Gasteiger partial charge on any atom is -0.337 e. The van der Waals surface area contributed by atoms with Crippen LogP contribution >= 0.6 is 0 Å². The van der Waals surface area contributed by atoms with Gasteiger partial charge in [-0.2, -0.15) is 0 Å². The van der Waals surface area contributed by atoms with Crippen molar-refractivity contribution in [3.05, 3.63) is 18.2 Å². The minimum atomic E-state index is 0.815. The SMILES string of the molecule is CN1CCC(CNCc2nccn2C)C1. The first-order valence-corrected chi connectivity index (χ1v) is 5.61. The van der Waals surface area contributed by atoms with Gasteiger partial charge in [-0.3, -0.25) is 0 Å². The monoisotopic (exact) mass is 208 g/mol. The first-order valence-electron chi connectivity index (χ1n) is 5.61. The zero-order chi connectivity index (χ0) is 10.7. The Labute approximate surface area is 91.3 Å². The first kappa shape index (κ1) is 10.6. The molecular formula is C11H20N4. The van der Waals surface area contributed by atoms with Crippen molar-refractivity contribution in [2.45, 2.75) is 13.0 Å². The average Bonchev–Trinajstić information content (AvgIpc) is 2.77. The smallest absolute Gasteiger partial charge is 0.122 e. The molecule has 0 aromatic carbocycles. The summed E-state index contributed by atoms with van der Waals surface area (Å²) in [4.78, 5) is 6.68. The van der Waals surface area contributed by atoms with Gasteiger partial charge >= 0.3 is 0 Å². The van der Waals surface area contributed by atoms with Crippen molar-refractivity contribution in [3.63, 3.8) is 0 Å². The zero-order valence-electron chi connectivity index (χ0n) is 9.61. The molecule has 1 aliphatic rings. The number of aryl methyl sites for hydroxylation is 1. The quantitative estimate of drug-likeness (QED) is 0.780. The van der Waals surface area contributed by atoms with Crippen LogP contribution in [0.2, 0.25) is 0 Å². The molecule has 0 amide bonds. The summed E-state index contributed by atoms with van der Waals surface area (Å²) in [6.45, 7) is 4.46. The van der Waals surface area contributed by atoms with Gasteiger partial charge in [0.2, 0.25) is 0 Å². The second kappa shape index (κ2) is 4.77. The Kier molecular flexibility index (Phi) is 3.38. The maximum atomic E-state index is 4.28. The summed E-state index contributed by atoms with van der Waals surface area (Å²) < 4.78 is 2.06. The van der Waals surface area contributed by atoms with Crippen molar-refractivity contribution in [3.8, 4) is 0 Å². The Morgan fingerprint density at radius 3 is 3.00 bits per heavy atom. The molecule has 1 aliphatic heterocycles. The highest BCUT2D eigenvalue weighted by Gasteiger charge is 2.18. The van der Waals surface area contributed by atoms with Crippen LogP contribution in [0.1, 0.15) is 12.2 Å². The number of likely N-dealkylation sites (tertiary alicyclic amines) is 1. The summed E-state index contributed by atoms with van der Waals surface area (Å²) in [5, 5.41) is 3.48. The molecule has 0 spiro atoms. The molecular weight excluding hydrogens is 188 g/mol. The molecule has 1 aromatic heterocycles. The third kappa shape index (κ3) is 2.79. The number of rotatable bonds is 4. The fourth-order valence-corrected chi connectivity index (χ4v) is 2.15. The molecule has 2 rings (SSSR count). The molecule has 2 heterocycles. The molecule has 84 valence electrons. The topological polar surface area (TPSA) is 33.1 Å². The van der Waals surface area contributed by atoms with Crippen LogP contribution in [0.25, 0.3) is 0 Å². The molecule has 0 bridgehead atoms. The number of nitrogens with zero attached hydrogens (tertiary/aromatic N) is 3. The van der Waals surface area contributed by atoms with Crippen LogP contribution in [0.3, 0.4) is 0 Å². The van der Waals surface area contributed by atoms with Gasteiger partial charge in [0.15, 0.2) is 0 Å². The highest BCUT2D eigenvalue weighted by atomic mass is 15.1. The van der Waals surface area contributed by atoms with E-state index in [1.54, 1.807) is 0 Å². The van der Waals surface area contributed by atoms with E-state index in [-0.39, 0.29) is 0 Å². The van der Waals surface area contributed by atoms with Crippen molar-refractivity contribution in [2.24, 2.45) is 13.0 Å². The molecule has 15 heavy (non-hydrogen) atoms. The largest absolute Gasteiger partial charge is 0.337 e. The van der Waals surface area contributed by atoms with Gasteiger partial charge < -0.3 is 14.8 Å². The molecule has 1 saturated heterocycles. The van der Waals surface area contributed by atoms with Gasteiger partial charge in [-0.1, -0.05) is 0 Å². The van der Waals surface area contributed by atoms with Gasteiger partial charge in [0.25, 0.3) is 0 Å². The summed E-state index contributed by atoms with van der Waals surface area (Å²) in [7, 11) is 4.23. The van der Waals surface area contributed by atoms with E-state index in [4.69, 9.17) is 0 Å². The third-order valence-corrected chi connectivity index (χ3v) is 3.13. The molecule has 0 saturated carbocycles. The molecule has 4 nitrogen and oxygen atoms in total. The number of nitrogens with one attached hydrogen (secondary N) is 1. The highest BCUT2D eigenvalue weighted by Crippen LogP contribution is 2.12. The van der Waals surface area contributed by atoms with Gasteiger partial charge in [0, 0.05) is 26.0 Å². The zero-order valence-corrected chi connectivity index (χ0v) is 9.61. The van der Waals surface area contributed by atoms with E-state index < -0.39 is 0 Å². The van der Waals surface area contributed by atoms with Crippen molar-refractivity contribution < 1.29 is 0 Å². The van der Waals surface area contributed by atoms with Gasteiger partial charge in [0.1, 0.15) is 5.82 Å². The lowest BCUT2D eigenvalue weighted by molar-refractivity contribution is 0.387. The Hall–Kier alpha value is -0.870. The van der Waals surface area contributed by atoms with E-state index >= 15 is 0 Å². The summed E-state index contributed by atoms with van der Waals surface area (Å²) in [6, 6.07) is 0. The van der Waals surface area contributed by atoms with Gasteiger partial charge in [0.05, 0.1) is 6.54 Å². The van der Waals surface area contributed by atoms with Gasteiger partial charge in [-0.25, -0.2) is 4.98 Å². The summed E-state index contributed by atoms with van der Waals surface area (Å²) in [5.74, 6) is 1.93. The molecule has 1 N–H and O–H groups in total. The van der Waals surface area contributed by atoms with Crippen LogP contribution in [0, 0.1) is 5.92 Å². The van der Waals surface area contributed by atoms with Crippen LogP contribution in [0.5, 0.6) is 0 Å². The predicted octanol–water partition coefficient (Wildman–Crippen LogP) is 0.461. The number of hydrogen-bond acceptors (Lipinski definition) is 3. The third-order valence-electron chi connectivity index (χ3n) is 3.13. The Balaban J connectivity index is 1.69. The standard InChI is InChI=1S/C11H20N4/c1-14-5-3-10(9-14)7-12-8-11-13-4-6-15(11)2/h4,6,10,12H,3,5,7-9H2,1-2H3. The van der Waals surface area contributed by atoms with Crippen LogP contribution in [0.15, 0.2) is 12.4 Å². The summed E-state index contributed by atoms with van der Waals surface area (Å²) in [6.07, 6.45) is 5.16. The predicted molar refractivity (Wildman–Crippen MR) is 60.5 cm³/mol. The number of hydrogen-bond donors (Lipinski definition) is 1. The number of imidazole rings is 1. The maximum absolute atomic E-state index is 4.28. The molecule has 4 heteroatoms. The van der Waals surface area contributed by atoms with Crippen LogP contribution < -0.4 is 5.32 Å². The minimum absolute atomic E-state index is 0.815. The summed E-state index contributed by atoms with van der Waals surface area (Å²) >= 11 is 0. The lowest BCUT2D eigenvalue weighted by Gasteiger charge is -2.11. The first-order chi connectivity index (χ1) is 7.25. The van der Waals surface area contributed by atoms with E-state index in [9.17, 15) is 0 Å². The Morgan fingerprint density at radius 2 is 2.40 bits per heavy atom. The second-order valence-electron chi connectivity index (χ2n) is 4.50. The lowest BCUT2D eigenvalue weighted by Crippen LogP contribution is -2.25. The normalized spacial score (nSPS) is 22.4. The fraction of sp³-hybridized carbons (Fsp3) is 0.727. The average molecular weight is 208 g/mol. The number of aromatic nitrogens is 2. The second-order valence-corrected chi connectivity index (χ2v) is 4.50. The van der Waals surface area contributed by atoms with Crippen LogP contribution in [0.4, 0.5) is 0 Å². The molecule has 1 atom stereocenters. The van der Waals surface area contributed by atoms with Crippen molar-refractivity contribution >= 4 is 0 Å². The molecule has 1 aromatic rings. The van der Waals surface area contributed by atoms with Crippen LogP contribution in [-0.2, 0) is 13.6 Å². The maximum Gasteiger partial charge on any atom is 0.122 e. The molecule has 1 unspecified atom stereocenters. The lowest BCUT2D eigenvalue weighted by atomic mass is 10.1. The Morgan fingerprint density at radius 1 is 1.53 bits per heavy atom. The Bertz CT molecular complexity index is 307. The van der Waals surface area contributed by atoms with E-state index in [1.807, 2.05) is 19.4 Å². The molecule has 0 aliphatic carbocycles. The van der Waals surface area contributed by atoms with E-state index in [0.29, 0.717) is 0 Å². The van der Waals surface area contributed by atoms with Gasteiger partial charge in [-0.15, -0.1) is 0 Å². The molecule has 0 radical (unpaired) electrons. The molecule has 1 fully saturated rings. The van der Waals surface area contributed by atoms with E-state index in [1.165, 1.54) is 19.5 Å².